The number of carbonyl (C=O) groups excluding carboxylic acids is 2. The number of hydrogen-bond donors (Lipinski definition) is 0. The Labute approximate surface area is 156 Å². The summed E-state index contributed by atoms with van der Waals surface area (Å²) >= 11 is 0. The molecule has 0 aromatic heterocycles. The van der Waals surface area contributed by atoms with E-state index in [0.717, 1.165) is 30.6 Å². The largest absolute Gasteiger partial charge is 0.274 e. The smallest absolute Gasteiger partial charge is 0.253 e. The standard InChI is InChI=1S/C21H20FN3O2/c1-13-3-9-16(10-4-13)25-20(26)17-18(14-5-7-15(22)8-6-14)23-11-2-12-24(23)19(17)21(25)27/h3-10,17-19H,2,11-12H2,1H3/t17-,18-,19+/m0/s1. The van der Waals surface area contributed by atoms with Crippen LogP contribution in [0.25, 0.3) is 0 Å². The summed E-state index contributed by atoms with van der Waals surface area (Å²) in [6.45, 7) is 3.54. The van der Waals surface area contributed by atoms with Gasteiger partial charge < -0.3 is 0 Å². The quantitative estimate of drug-likeness (QED) is 0.768. The molecule has 2 aromatic carbocycles. The number of hydrazine groups is 1. The number of anilines is 1. The predicted molar refractivity (Wildman–Crippen MR) is 98.1 cm³/mol. The Bertz CT molecular complexity index is 912. The van der Waals surface area contributed by atoms with Gasteiger partial charge in [0.2, 0.25) is 5.91 Å². The van der Waals surface area contributed by atoms with Gasteiger partial charge in [0.1, 0.15) is 11.9 Å². The van der Waals surface area contributed by atoms with Crippen molar-refractivity contribution in [1.29, 1.82) is 0 Å². The molecule has 0 unspecified atom stereocenters. The van der Waals surface area contributed by atoms with Crippen molar-refractivity contribution < 1.29 is 14.0 Å². The van der Waals surface area contributed by atoms with Crippen molar-refractivity contribution in [2.75, 3.05) is 18.0 Å². The number of imide groups is 1. The van der Waals surface area contributed by atoms with Crippen LogP contribution < -0.4 is 4.90 Å². The molecular formula is C21H20FN3O2. The van der Waals surface area contributed by atoms with E-state index >= 15 is 0 Å². The minimum Gasteiger partial charge on any atom is -0.274 e. The zero-order valence-electron chi connectivity index (χ0n) is 15.0. The van der Waals surface area contributed by atoms with Gasteiger partial charge in [0.15, 0.2) is 0 Å². The molecule has 3 atom stereocenters. The fourth-order valence-electron chi connectivity index (χ4n) is 4.72. The number of carbonyl (C=O) groups is 2. The van der Waals surface area contributed by atoms with E-state index in [0.29, 0.717) is 5.69 Å². The van der Waals surface area contributed by atoms with Crippen LogP contribution in [-0.2, 0) is 9.59 Å². The molecule has 3 heterocycles. The van der Waals surface area contributed by atoms with Crippen molar-refractivity contribution in [3.8, 4) is 0 Å². The predicted octanol–water partition coefficient (Wildman–Crippen LogP) is 2.67. The first kappa shape index (κ1) is 16.6. The van der Waals surface area contributed by atoms with Gasteiger partial charge in [-0.3, -0.25) is 9.59 Å². The molecule has 0 spiro atoms. The summed E-state index contributed by atoms with van der Waals surface area (Å²) in [5, 5.41) is 4.18. The van der Waals surface area contributed by atoms with Crippen LogP contribution in [0.4, 0.5) is 10.1 Å². The summed E-state index contributed by atoms with van der Waals surface area (Å²) in [6.07, 6.45) is 0.951. The minimum atomic E-state index is -0.476. The third-order valence-corrected chi connectivity index (χ3v) is 5.91. The molecule has 0 bridgehead atoms. The van der Waals surface area contributed by atoms with Crippen molar-refractivity contribution in [1.82, 2.24) is 10.0 Å². The number of fused-ring (bicyclic) bond motifs is 3. The van der Waals surface area contributed by atoms with Gasteiger partial charge in [-0.2, -0.15) is 0 Å². The van der Waals surface area contributed by atoms with Crippen LogP contribution in [0.15, 0.2) is 48.5 Å². The van der Waals surface area contributed by atoms with Gasteiger partial charge >= 0.3 is 0 Å². The molecule has 6 heteroatoms. The minimum absolute atomic E-state index is 0.162. The highest BCUT2D eigenvalue weighted by atomic mass is 19.1. The monoisotopic (exact) mass is 365 g/mol. The van der Waals surface area contributed by atoms with E-state index in [1.807, 2.05) is 36.2 Å². The molecule has 3 fully saturated rings. The molecule has 5 rings (SSSR count). The van der Waals surface area contributed by atoms with Gasteiger partial charge in [0.05, 0.1) is 17.6 Å². The van der Waals surface area contributed by atoms with Crippen molar-refractivity contribution in [2.45, 2.75) is 25.4 Å². The van der Waals surface area contributed by atoms with Gasteiger partial charge in [0, 0.05) is 13.1 Å². The number of halogens is 1. The van der Waals surface area contributed by atoms with Crippen LogP contribution >= 0.6 is 0 Å². The van der Waals surface area contributed by atoms with Gasteiger partial charge in [-0.15, -0.1) is 0 Å². The molecule has 3 saturated heterocycles. The van der Waals surface area contributed by atoms with Crippen molar-refractivity contribution in [2.24, 2.45) is 5.92 Å². The third-order valence-electron chi connectivity index (χ3n) is 5.91. The van der Waals surface area contributed by atoms with Crippen molar-refractivity contribution in [3.63, 3.8) is 0 Å². The van der Waals surface area contributed by atoms with E-state index in [1.165, 1.54) is 17.0 Å². The van der Waals surface area contributed by atoms with Gasteiger partial charge in [0.25, 0.3) is 5.91 Å². The Morgan fingerprint density at radius 3 is 2.15 bits per heavy atom. The van der Waals surface area contributed by atoms with E-state index < -0.39 is 12.0 Å². The van der Waals surface area contributed by atoms with Crippen molar-refractivity contribution >= 4 is 17.5 Å². The molecule has 2 amide bonds. The highest BCUT2D eigenvalue weighted by Gasteiger charge is 2.62. The maximum absolute atomic E-state index is 13.4. The topological polar surface area (TPSA) is 43.9 Å². The lowest BCUT2D eigenvalue weighted by Gasteiger charge is -2.29. The van der Waals surface area contributed by atoms with Gasteiger partial charge in [-0.25, -0.2) is 19.3 Å². The highest BCUT2D eigenvalue weighted by Crippen LogP contribution is 2.48. The number of rotatable bonds is 2. The number of benzene rings is 2. The molecule has 0 N–H and O–H groups in total. The molecule has 0 aliphatic carbocycles. The SMILES string of the molecule is Cc1ccc(N2C(=O)[C@@H]3[C@H](C2=O)N2CCCN2[C@H]3c2ccc(F)cc2)cc1. The lowest BCUT2D eigenvalue weighted by Crippen LogP contribution is -2.44. The van der Waals surface area contributed by atoms with Crippen LogP contribution in [-0.4, -0.2) is 41.0 Å². The molecule has 0 saturated carbocycles. The van der Waals surface area contributed by atoms with E-state index in [9.17, 15) is 14.0 Å². The Hall–Kier alpha value is -2.57. The van der Waals surface area contributed by atoms with E-state index in [2.05, 4.69) is 5.01 Å². The van der Waals surface area contributed by atoms with E-state index in [1.54, 1.807) is 12.1 Å². The third kappa shape index (κ3) is 2.37. The average Bonchev–Trinajstić information content (AvgIpc) is 3.30. The molecule has 3 aliphatic rings. The van der Waals surface area contributed by atoms with Gasteiger partial charge in [-0.1, -0.05) is 29.8 Å². The maximum Gasteiger partial charge on any atom is 0.253 e. The zero-order valence-corrected chi connectivity index (χ0v) is 15.0. The Kier molecular flexibility index (Phi) is 3.67. The second-order valence-electron chi connectivity index (χ2n) is 7.49. The number of aryl methyl sites for hydroxylation is 1. The first-order valence-corrected chi connectivity index (χ1v) is 9.29. The highest BCUT2D eigenvalue weighted by molar-refractivity contribution is 6.24. The summed E-state index contributed by atoms with van der Waals surface area (Å²) in [5.41, 5.74) is 2.57. The summed E-state index contributed by atoms with van der Waals surface area (Å²) in [4.78, 5) is 27.9. The summed E-state index contributed by atoms with van der Waals surface area (Å²) in [6, 6.07) is 13.0. The second kappa shape index (κ2) is 5.97. The van der Waals surface area contributed by atoms with Crippen LogP contribution in [0, 0.1) is 18.7 Å². The fraction of sp³-hybridized carbons (Fsp3) is 0.333. The van der Waals surface area contributed by atoms with E-state index in [4.69, 9.17) is 0 Å². The molecule has 138 valence electrons. The summed E-state index contributed by atoms with van der Waals surface area (Å²) in [5.74, 6) is -1.10. The Morgan fingerprint density at radius 2 is 1.48 bits per heavy atom. The summed E-state index contributed by atoms with van der Waals surface area (Å²) < 4.78 is 13.4. The van der Waals surface area contributed by atoms with Crippen LogP contribution in [0.2, 0.25) is 0 Å². The lowest BCUT2D eigenvalue weighted by molar-refractivity contribution is -0.126. The van der Waals surface area contributed by atoms with Crippen molar-refractivity contribution in [3.05, 3.63) is 65.5 Å². The molecule has 27 heavy (non-hydrogen) atoms. The summed E-state index contributed by atoms with van der Waals surface area (Å²) in [7, 11) is 0. The molecule has 0 radical (unpaired) electrons. The average molecular weight is 365 g/mol. The molecule has 5 nitrogen and oxygen atoms in total. The molecule has 2 aromatic rings. The number of nitrogens with zero attached hydrogens (tertiary/aromatic N) is 3. The lowest BCUT2D eigenvalue weighted by atomic mass is 9.90. The Morgan fingerprint density at radius 1 is 0.852 bits per heavy atom. The Balaban J connectivity index is 1.57. The zero-order chi connectivity index (χ0) is 18.7. The normalized spacial score (nSPS) is 28.1. The molecular weight excluding hydrogens is 345 g/mol. The van der Waals surface area contributed by atoms with Crippen LogP contribution in [0.1, 0.15) is 23.6 Å². The van der Waals surface area contributed by atoms with Crippen LogP contribution in [0.3, 0.4) is 0 Å². The number of amides is 2. The first-order chi connectivity index (χ1) is 13.1. The molecule has 3 aliphatic heterocycles. The fourth-order valence-corrected chi connectivity index (χ4v) is 4.72. The first-order valence-electron chi connectivity index (χ1n) is 9.29. The van der Waals surface area contributed by atoms with Gasteiger partial charge in [-0.05, 0) is 43.2 Å². The van der Waals surface area contributed by atoms with Crippen LogP contribution in [0.5, 0.6) is 0 Å². The van der Waals surface area contributed by atoms with E-state index in [-0.39, 0.29) is 23.7 Å². The maximum atomic E-state index is 13.4. The second-order valence-corrected chi connectivity index (χ2v) is 7.49. The number of hydrogen-bond acceptors (Lipinski definition) is 4.